The molecule has 388 valence electrons. The van der Waals surface area contributed by atoms with Crippen LogP contribution in [0.25, 0.3) is 0 Å². The van der Waals surface area contributed by atoms with Crippen LogP contribution in [0.15, 0.2) is 134 Å². The molecular weight excluding hydrogens is 853 g/mol. The lowest BCUT2D eigenvalue weighted by Crippen LogP contribution is -2.30. The molecule has 1 unspecified atom stereocenters. The van der Waals surface area contributed by atoms with Crippen molar-refractivity contribution >= 4 is 17.9 Å². The van der Waals surface area contributed by atoms with Crippen LogP contribution in [0, 0.1) is 0 Å². The smallest absolute Gasteiger partial charge is 0.306 e. The van der Waals surface area contributed by atoms with Gasteiger partial charge in [-0.3, -0.25) is 14.4 Å². The zero-order chi connectivity index (χ0) is 50.0. The first-order chi connectivity index (χ1) is 34.0. The number of carbonyl (C=O) groups excluding carboxylic acids is 3. The second kappa shape index (κ2) is 56.1. The Bertz CT molecular complexity index is 1510. The normalized spacial score (nSPS) is 13.1. The monoisotopic (exact) mass is 953 g/mol. The zero-order valence-electron chi connectivity index (χ0n) is 44.3. The first kappa shape index (κ1) is 64.5. The summed E-state index contributed by atoms with van der Waals surface area (Å²) < 4.78 is 16.8. The van der Waals surface area contributed by atoms with Gasteiger partial charge < -0.3 is 14.2 Å². The van der Waals surface area contributed by atoms with Crippen LogP contribution in [0.5, 0.6) is 0 Å². The molecular formula is C63H100O6. The molecule has 6 heteroatoms. The van der Waals surface area contributed by atoms with Crippen molar-refractivity contribution in [3.05, 3.63) is 134 Å². The van der Waals surface area contributed by atoms with Gasteiger partial charge in [-0.1, -0.05) is 244 Å². The number of ether oxygens (including phenoxy) is 3. The topological polar surface area (TPSA) is 78.9 Å². The Morgan fingerprint density at radius 3 is 1.16 bits per heavy atom. The van der Waals surface area contributed by atoms with E-state index in [9.17, 15) is 14.4 Å². The average molecular weight is 953 g/mol. The summed E-state index contributed by atoms with van der Waals surface area (Å²) in [5, 5.41) is 0. The van der Waals surface area contributed by atoms with Gasteiger partial charge in [0.05, 0.1) is 0 Å². The predicted molar refractivity (Wildman–Crippen MR) is 297 cm³/mol. The second-order valence-corrected chi connectivity index (χ2v) is 17.9. The molecule has 0 aliphatic carbocycles. The van der Waals surface area contributed by atoms with E-state index in [4.69, 9.17) is 14.2 Å². The number of carbonyl (C=O) groups is 3. The molecule has 0 saturated heterocycles. The highest BCUT2D eigenvalue weighted by Gasteiger charge is 2.19. The van der Waals surface area contributed by atoms with Gasteiger partial charge in [0, 0.05) is 19.3 Å². The van der Waals surface area contributed by atoms with Gasteiger partial charge in [-0.15, -0.1) is 0 Å². The third kappa shape index (κ3) is 54.4. The van der Waals surface area contributed by atoms with Crippen molar-refractivity contribution in [2.45, 2.75) is 232 Å². The molecule has 1 atom stereocenters. The van der Waals surface area contributed by atoms with Crippen LogP contribution >= 0.6 is 0 Å². The van der Waals surface area contributed by atoms with Gasteiger partial charge in [0.15, 0.2) is 6.10 Å². The average Bonchev–Trinajstić information content (AvgIpc) is 3.35. The molecule has 0 amide bonds. The number of esters is 3. The van der Waals surface area contributed by atoms with E-state index in [0.717, 1.165) is 96.3 Å². The fraction of sp³-hybridized carbons (Fsp3) is 0.603. The molecule has 0 saturated carbocycles. The van der Waals surface area contributed by atoms with Gasteiger partial charge in [0.1, 0.15) is 13.2 Å². The van der Waals surface area contributed by atoms with Crippen molar-refractivity contribution in [3.63, 3.8) is 0 Å². The first-order valence-corrected chi connectivity index (χ1v) is 27.8. The highest BCUT2D eigenvalue weighted by Crippen LogP contribution is 2.13. The Kier molecular flexibility index (Phi) is 52.5. The minimum absolute atomic E-state index is 0.121. The van der Waals surface area contributed by atoms with Crippen molar-refractivity contribution in [1.29, 1.82) is 0 Å². The summed E-state index contributed by atoms with van der Waals surface area (Å²) >= 11 is 0. The molecule has 0 N–H and O–H groups in total. The summed E-state index contributed by atoms with van der Waals surface area (Å²) in [4.78, 5) is 38.1. The van der Waals surface area contributed by atoms with Crippen LogP contribution in [0.3, 0.4) is 0 Å². The molecule has 69 heavy (non-hydrogen) atoms. The first-order valence-electron chi connectivity index (χ1n) is 27.8. The molecule has 0 aliphatic heterocycles. The Balaban J connectivity index is 4.57. The van der Waals surface area contributed by atoms with Gasteiger partial charge in [0.2, 0.25) is 0 Å². The van der Waals surface area contributed by atoms with E-state index >= 15 is 0 Å². The third-order valence-electron chi connectivity index (χ3n) is 11.2. The van der Waals surface area contributed by atoms with E-state index in [1.807, 2.05) is 48.6 Å². The van der Waals surface area contributed by atoms with Crippen LogP contribution in [0.1, 0.15) is 226 Å². The fourth-order valence-corrected chi connectivity index (χ4v) is 7.10. The van der Waals surface area contributed by atoms with E-state index in [1.165, 1.54) is 83.5 Å². The molecule has 0 aliphatic rings. The highest BCUT2D eigenvalue weighted by atomic mass is 16.6. The summed E-state index contributed by atoms with van der Waals surface area (Å²) in [5.74, 6) is -1.04. The molecule has 0 radical (unpaired) electrons. The maximum absolute atomic E-state index is 12.8. The summed E-state index contributed by atoms with van der Waals surface area (Å²) in [5.41, 5.74) is 0. The maximum atomic E-state index is 12.8. The lowest BCUT2D eigenvalue weighted by atomic mass is 10.1. The summed E-state index contributed by atoms with van der Waals surface area (Å²) in [7, 11) is 0. The minimum atomic E-state index is -0.826. The van der Waals surface area contributed by atoms with Crippen LogP contribution in [0.2, 0.25) is 0 Å². The molecule has 0 aromatic rings. The Labute approximate surface area is 424 Å². The summed E-state index contributed by atoms with van der Waals surface area (Å²) in [6, 6.07) is 0. The van der Waals surface area contributed by atoms with Crippen LogP contribution in [-0.4, -0.2) is 37.2 Å². The SMILES string of the molecule is CC/C=C\C/C=C\C/C=C\C/C=C\C/C=C\CCC(=O)OCC(COC(=O)CCCCCCC\C=C/C=C\C=C/C=C\C=C/CCC)OC(=O)CCCCCCCCC/C=C\CCCCCCCC. The Morgan fingerprint density at radius 2 is 0.681 bits per heavy atom. The van der Waals surface area contributed by atoms with Crippen molar-refractivity contribution in [3.8, 4) is 0 Å². The molecule has 0 aromatic carbocycles. The fourth-order valence-electron chi connectivity index (χ4n) is 7.10. The van der Waals surface area contributed by atoms with Gasteiger partial charge in [-0.2, -0.15) is 0 Å². The molecule has 0 bridgehead atoms. The van der Waals surface area contributed by atoms with Gasteiger partial charge in [-0.25, -0.2) is 0 Å². The van der Waals surface area contributed by atoms with E-state index in [1.54, 1.807) is 0 Å². The van der Waals surface area contributed by atoms with Gasteiger partial charge in [-0.05, 0) is 96.3 Å². The third-order valence-corrected chi connectivity index (χ3v) is 11.2. The number of rotatable bonds is 48. The quantitative estimate of drug-likeness (QED) is 0.0199. The number of allylic oxidation sites excluding steroid dienone is 22. The second-order valence-electron chi connectivity index (χ2n) is 17.9. The van der Waals surface area contributed by atoms with Crippen molar-refractivity contribution in [1.82, 2.24) is 0 Å². The molecule has 0 heterocycles. The molecule has 0 aromatic heterocycles. The zero-order valence-corrected chi connectivity index (χ0v) is 44.3. The van der Waals surface area contributed by atoms with Crippen LogP contribution in [0.4, 0.5) is 0 Å². The van der Waals surface area contributed by atoms with Crippen LogP contribution in [-0.2, 0) is 28.6 Å². The predicted octanol–water partition coefficient (Wildman–Crippen LogP) is 18.6. The highest BCUT2D eigenvalue weighted by molar-refractivity contribution is 5.71. The molecule has 0 rings (SSSR count). The molecule has 0 spiro atoms. The Hall–Kier alpha value is -4.45. The van der Waals surface area contributed by atoms with Crippen molar-refractivity contribution in [2.75, 3.05) is 13.2 Å². The maximum Gasteiger partial charge on any atom is 0.306 e. The van der Waals surface area contributed by atoms with Gasteiger partial charge in [0.25, 0.3) is 0 Å². The van der Waals surface area contributed by atoms with E-state index in [0.29, 0.717) is 19.3 Å². The molecule has 6 nitrogen and oxygen atoms in total. The molecule has 0 fully saturated rings. The number of hydrogen-bond donors (Lipinski definition) is 0. The van der Waals surface area contributed by atoms with Crippen molar-refractivity contribution < 1.29 is 28.6 Å². The summed E-state index contributed by atoms with van der Waals surface area (Å²) in [6.45, 7) is 6.33. The summed E-state index contributed by atoms with van der Waals surface area (Å²) in [6.07, 6.45) is 78.7. The lowest BCUT2D eigenvalue weighted by Gasteiger charge is -2.18. The minimum Gasteiger partial charge on any atom is -0.462 e. The Morgan fingerprint density at radius 1 is 0.319 bits per heavy atom. The van der Waals surface area contributed by atoms with Crippen molar-refractivity contribution in [2.24, 2.45) is 0 Å². The van der Waals surface area contributed by atoms with E-state index in [-0.39, 0.29) is 37.5 Å². The number of hydrogen-bond acceptors (Lipinski definition) is 6. The van der Waals surface area contributed by atoms with Crippen LogP contribution < -0.4 is 0 Å². The van der Waals surface area contributed by atoms with E-state index < -0.39 is 6.10 Å². The van der Waals surface area contributed by atoms with Gasteiger partial charge >= 0.3 is 17.9 Å². The number of unbranched alkanes of at least 4 members (excludes halogenated alkanes) is 19. The lowest BCUT2D eigenvalue weighted by molar-refractivity contribution is -0.166. The van der Waals surface area contributed by atoms with E-state index in [2.05, 4.69) is 106 Å². The largest absolute Gasteiger partial charge is 0.462 e. The standard InChI is InChI=1S/C63H100O6/c1-4-7-10-13-16-19-22-25-28-31-33-35-38-41-44-47-50-53-56-62(65)68-59-60(58-67-61(64)55-52-49-46-43-40-37-34-30-27-24-21-18-15-12-9-6-3)69-63(66)57-54-51-48-45-42-39-36-32-29-26-23-20-17-14-11-8-5-2/h9-10,12-13,16,18-19,21-22,25-31,33,35,37,40,46,49,60H,4-8,11,14-15,17,20,23-24,32,34,36,38-39,41-45,47-48,50-59H2,1-3H3/b12-9-,13-10-,19-16-,21-18-,25-22-,29-26-,30-27-,31-28-,35-33-,40-37-,49-46-.